The molecule has 1 N–H and O–H groups in total. The summed E-state index contributed by atoms with van der Waals surface area (Å²) in [5.74, 6) is 0.862. The van der Waals surface area contributed by atoms with E-state index in [9.17, 15) is 0 Å². The highest BCUT2D eigenvalue weighted by Crippen LogP contribution is 2.37. The summed E-state index contributed by atoms with van der Waals surface area (Å²) in [6.07, 6.45) is 1.76. The molecule has 112 valence electrons. The van der Waals surface area contributed by atoms with Gasteiger partial charge < -0.3 is 10.2 Å². The number of rotatable bonds is 4. The maximum atomic E-state index is 6.28. The van der Waals surface area contributed by atoms with Crippen LogP contribution in [0.3, 0.4) is 0 Å². The average molecular weight is 345 g/mol. The molecule has 1 aromatic carbocycles. The van der Waals surface area contributed by atoms with E-state index in [2.05, 4.69) is 10.3 Å². The number of halogens is 3. The van der Waals surface area contributed by atoms with E-state index in [1.54, 1.807) is 12.3 Å². The molecule has 2 rings (SSSR count). The summed E-state index contributed by atoms with van der Waals surface area (Å²) in [6, 6.07) is 7.46. The lowest BCUT2D eigenvalue weighted by molar-refractivity contribution is 0.880. The first-order chi connectivity index (χ1) is 9.91. The second-order valence-corrected chi connectivity index (χ2v) is 6.06. The van der Waals surface area contributed by atoms with E-state index in [4.69, 9.17) is 34.8 Å². The van der Waals surface area contributed by atoms with Crippen molar-refractivity contribution < 1.29 is 0 Å². The van der Waals surface area contributed by atoms with Gasteiger partial charge in [0.05, 0.1) is 26.8 Å². The van der Waals surface area contributed by atoms with E-state index in [-0.39, 0.29) is 6.04 Å². The molecule has 6 heteroatoms. The Labute approximate surface area is 139 Å². The number of benzene rings is 1. The standard InChI is InChI=1S/C15H16Cl3N3/c1-9(10-6-7-11(16)14(18)13(10)17)20-12-5-4-8-19-15(12)21(2)3/h4-9,20H,1-3H3. The number of hydrogen-bond donors (Lipinski definition) is 1. The van der Waals surface area contributed by atoms with E-state index in [0.29, 0.717) is 15.1 Å². The van der Waals surface area contributed by atoms with Gasteiger partial charge in [0.25, 0.3) is 0 Å². The van der Waals surface area contributed by atoms with Gasteiger partial charge in [-0.15, -0.1) is 0 Å². The molecule has 1 unspecified atom stereocenters. The molecule has 0 saturated carbocycles. The molecule has 0 amide bonds. The zero-order valence-electron chi connectivity index (χ0n) is 12.0. The lowest BCUT2D eigenvalue weighted by Gasteiger charge is -2.22. The highest BCUT2D eigenvalue weighted by Gasteiger charge is 2.16. The molecule has 2 aromatic rings. The number of aromatic nitrogens is 1. The SMILES string of the molecule is CC(Nc1cccnc1N(C)C)c1ccc(Cl)c(Cl)c1Cl. The maximum Gasteiger partial charge on any atom is 0.151 e. The molecule has 0 aliphatic heterocycles. The zero-order valence-corrected chi connectivity index (χ0v) is 14.3. The van der Waals surface area contributed by atoms with Crippen LogP contribution >= 0.6 is 34.8 Å². The number of pyridine rings is 1. The number of nitrogens with zero attached hydrogens (tertiary/aromatic N) is 2. The topological polar surface area (TPSA) is 28.2 Å². The van der Waals surface area contributed by atoms with Crippen LogP contribution in [0.5, 0.6) is 0 Å². The predicted molar refractivity (Wildman–Crippen MR) is 92.1 cm³/mol. The molecule has 0 aliphatic rings. The monoisotopic (exact) mass is 343 g/mol. The van der Waals surface area contributed by atoms with E-state index < -0.39 is 0 Å². The van der Waals surface area contributed by atoms with Gasteiger partial charge in [0.15, 0.2) is 5.82 Å². The van der Waals surface area contributed by atoms with Crippen molar-refractivity contribution in [2.75, 3.05) is 24.3 Å². The van der Waals surface area contributed by atoms with E-state index in [1.165, 1.54) is 0 Å². The van der Waals surface area contributed by atoms with E-state index in [0.717, 1.165) is 17.1 Å². The minimum Gasteiger partial charge on any atom is -0.375 e. The van der Waals surface area contributed by atoms with Crippen molar-refractivity contribution in [2.24, 2.45) is 0 Å². The van der Waals surface area contributed by atoms with E-state index >= 15 is 0 Å². The first kappa shape index (κ1) is 16.2. The van der Waals surface area contributed by atoms with Crippen molar-refractivity contribution in [3.05, 3.63) is 51.1 Å². The van der Waals surface area contributed by atoms with Gasteiger partial charge in [-0.2, -0.15) is 0 Å². The summed E-state index contributed by atoms with van der Waals surface area (Å²) < 4.78 is 0. The van der Waals surface area contributed by atoms with Crippen LogP contribution in [0, 0.1) is 0 Å². The largest absolute Gasteiger partial charge is 0.375 e. The molecule has 1 heterocycles. The van der Waals surface area contributed by atoms with Crippen molar-refractivity contribution in [3.63, 3.8) is 0 Å². The Balaban J connectivity index is 2.31. The first-order valence-electron chi connectivity index (χ1n) is 6.44. The third-order valence-corrected chi connectivity index (χ3v) is 4.42. The number of anilines is 2. The third-order valence-electron chi connectivity index (χ3n) is 3.11. The predicted octanol–water partition coefficient (Wildman–Crippen LogP) is 5.28. The second kappa shape index (κ2) is 6.73. The van der Waals surface area contributed by atoms with Crippen LogP contribution in [-0.4, -0.2) is 19.1 Å². The van der Waals surface area contributed by atoms with Gasteiger partial charge in [0.2, 0.25) is 0 Å². The lowest BCUT2D eigenvalue weighted by Crippen LogP contribution is -2.15. The van der Waals surface area contributed by atoms with Crippen LogP contribution in [0.15, 0.2) is 30.5 Å². The fraction of sp³-hybridized carbons (Fsp3) is 0.267. The average Bonchev–Trinajstić information content (AvgIpc) is 2.45. The Morgan fingerprint density at radius 2 is 1.81 bits per heavy atom. The van der Waals surface area contributed by atoms with Gasteiger partial charge in [0, 0.05) is 20.3 Å². The second-order valence-electron chi connectivity index (χ2n) is 4.90. The highest BCUT2D eigenvalue weighted by molar-refractivity contribution is 6.48. The van der Waals surface area contributed by atoms with Gasteiger partial charge in [0.1, 0.15) is 0 Å². The van der Waals surface area contributed by atoms with Gasteiger partial charge in [-0.1, -0.05) is 40.9 Å². The zero-order chi connectivity index (χ0) is 15.6. The van der Waals surface area contributed by atoms with Crippen molar-refractivity contribution in [1.29, 1.82) is 0 Å². The fourth-order valence-corrected chi connectivity index (χ4v) is 2.76. The quantitative estimate of drug-likeness (QED) is 0.765. The highest BCUT2D eigenvalue weighted by atomic mass is 35.5. The van der Waals surface area contributed by atoms with Crippen molar-refractivity contribution >= 4 is 46.3 Å². The molecule has 0 saturated heterocycles. The van der Waals surface area contributed by atoms with Crippen molar-refractivity contribution in [2.45, 2.75) is 13.0 Å². The molecule has 0 bridgehead atoms. The Kier molecular flexibility index (Phi) is 5.20. The van der Waals surface area contributed by atoms with Gasteiger partial charge >= 0.3 is 0 Å². The molecule has 0 fully saturated rings. The van der Waals surface area contributed by atoms with Gasteiger partial charge in [-0.05, 0) is 30.7 Å². The minimum absolute atomic E-state index is 0.0323. The van der Waals surface area contributed by atoms with Crippen LogP contribution in [-0.2, 0) is 0 Å². The molecule has 1 atom stereocenters. The Bertz CT molecular complexity index is 644. The smallest absolute Gasteiger partial charge is 0.151 e. The summed E-state index contributed by atoms with van der Waals surface area (Å²) in [5, 5.41) is 4.71. The molecule has 0 aliphatic carbocycles. The minimum atomic E-state index is -0.0323. The summed E-state index contributed by atoms with van der Waals surface area (Å²) in [5.41, 5.74) is 1.82. The van der Waals surface area contributed by atoms with Crippen LogP contribution < -0.4 is 10.2 Å². The van der Waals surface area contributed by atoms with E-state index in [1.807, 2.05) is 44.1 Å². The summed E-state index contributed by atoms with van der Waals surface area (Å²) in [7, 11) is 3.90. The summed E-state index contributed by atoms with van der Waals surface area (Å²) >= 11 is 18.3. The molecule has 0 radical (unpaired) electrons. The summed E-state index contributed by atoms with van der Waals surface area (Å²) in [6.45, 7) is 2.01. The molecule has 1 aromatic heterocycles. The molecule has 3 nitrogen and oxygen atoms in total. The van der Waals surface area contributed by atoms with Crippen LogP contribution in [0.25, 0.3) is 0 Å². The van der Waals surface area contributed by atoms with Gasteiger partial charge in [-0.25, -0.2) is 4.98 Å². The third kappa shape index (κ3) is 3.54. The maximum absolute atomic E-state index is 6.28. The Morgan fingerprint density at radius 1 is 1.10 bits per heavy atom. The Hall–Kier alpha value is -1.16. The lowest BCUT2D eigenvalue weighted by atomic mass is 10.1. The summed E-state index contributed by atoms with van der Waals surface area (Å²) in [4.78, 5) is 6.31. The van der Waals surface area contributed by atoms with Crippen molar-refractivity contribution in [1.82, 2.24) is 4.98 Å². The van der Waals surface area contributed by atoms with Crippen LogP contribution in [0.1, 0.15) is 18.5 Å². The van der Waals surface area contributed by atoms with Crippen LogP contribution in [0.4, 0.5) is 11.5 Å². The van der Waals surface area contributed by atoms with Gasteiger partial charge in [-0.3, -0.25) is 0 Å². The number of hydrogen-bond acceptors (Lipinski definition) is 3. The Morgan fingerprint density at radius 3 is 2.48 bits per heavy atom. The number of nitrogens with one attached hydrogen (secondary N) is 1. The van der Waals surface area contributed by atoms with Crippen LogP contribution in [0.2, 0.25) is 15.1 Å². The first-order valence-corrected chi connectivity index (χ1v) is 7.57. The fourth-order valence-electron chi connectivity index (χ4n) is 2.05. The molecular weight excluding hydrogens is 329 g/mol. The van der Waals surface area contributed by atoms with Crippen molar-refractivity contribution in [3.8, 4) is 0 Å². The molecule has 21 heavy (non-hydrogen) atoms. The molecular formula is C15H16Cl3N3. The molecule has 0 spiro atoms. The normalized spacial score (nSPS) is 12.1.